The van der Waals surface area contributed by atoms with Gasteiger partial charge in [-0.2, -0.15) is 0 Å². The number of unbranched alkanes of at least 4 members (excludes halogenated alkanes) is 1. The lowest BCUT2D eigenvalue weighted by Crippen LogP contribution is -2.53. The number of amides is 4. The van der Waals surface area contributed by atoms with E-state index in [0.29, 0.717) is 49.1 Å². The van der Waals surface area contributed by atoms with E-state index in [9.17, 15) is 34.1 Å². The molecular formula is C63H87N5O10. The number of carbonyl (C=O) groups is 5. The Labute approximate surface area is 462 Å². The molecule has 0 spiro atoms. The second-order valence-electron chi connectivity index (χ2n) is 23.8. The van der Waals surface area contributed by atoms with Crippen molar-refractivity contribution in [2.24, 2.45) is 46.3 Å². The summed E-state index contributed by atoms with van der Waals surface area (Å²) in [6, 6.07) is 18.9. The first-order valence-electron chi connectivity index (χ1n) is 29.2. The minimum absolute atomic E-state index is 0.0411. The largest absolute Gasteiger partial charge is 0.514 e. The smallest absolute Gasteiger partial charge is 0.429 e. The highest BCUT2D eigenvalue weighted by molar-refractivity contribution is 5.98. The summed E-state index contributed by atoms with van der Waals surface area (Å²) in [5, 5.41) is 22.4. The van der Waals surface area contributed by atoms with E-state index in [2.05, 4.69) is 62.0 Å². The van der Waals surface area contributed by atoms with Crippen LogP contribution in [0.25, 0.3) is 0 Å². The molecule has 3 fully saturated rings. The Balaban J connectivity index is 0.824. The summed E-state index contributed by atoms with van der Waals surface area (Å²) in [4.78, 5) is 76.5. The number of nitrogens with zero attached hydrogens (tertiary/aromatic N) is 1. The standard InChI is InChI=1S/C63H87N5O10/c1-7-8-18-55(59(71)65-47-22-19-45(20-23-47)41-77-61(73)78-49-26-24-48(25-27-49)68(74)75)67-60(72)56(39-44-16-10-9-11-17-44)66-58(70)32-31-57(69)64-37-13-38-76-50-33-35-62(5)46(40-50)21-28-51-53-30-29-52(43(4)15-12-14-42(2)3)63(53,6)36-34-54(51)62/h9-11,16-17,19-27,42-43,50-56H,7-8,12-15,18,28-41H2,1-6H3,(H,64,69)(H,65,71)(H,66,70)(H,67,72). The van der Waals surface area contributed by atoms with Crippen molar-refractivity contribution < 1.29 is 43.1 Å². The molecule has 15 heteroatoms. The molecule has 4 aliphatic rings. The molecule has 0 heterocycles. The number of anilines is 1. The number of hydrogen-bond acceptors (Lipinski definition) is 10. The summed E-state index contributed by atoms with van der Waals surface area (Å²) >= 11 is 0. The second-order valence-corrected chi connectivity index (χ2v) is 23.8. The van der Waals surface area contributed by atoms with Gasteiger partial charge in [-0.15, -0.1) is 0 Å². The number of non-ortho nitro benzene ring substituents is 1. The van der Waals surface area contributed by atoms with Crippen LogP contribution in [0.4, 0.5) is 16.2 Å². The number of nitro benzene ring substituents is 1. The number of ether oxygens (including phenoxy) is 3. The van der Waals surface area contributed by atoms with Gasteiger partial charge < -0.3 is 35.5 Å². The Kier molecular flexibility index (Phi) is 21.5. The normalized spacial score (nSPS) is 24.4. The zero-order valence-electron chi connectivity index (χ0n) is 47.2. The maximum atomic E-state index is 14.0. The Morgan fingerprint density at radius 1 is 0.756 bits per heavy atom. The Hall–Kier alpha value is -6.09. The van der Waals surface area contributed by atoms with Crippen LogP contribution < -0.4 is 26.0 Å². The molecule has 4 N–H and O–H groups in total. The lowest BCUT2D eigenvalue weighted by Gasteiger charge is -2.58. The monoisotopic (exact) mass is 1070 g/mol. The van der Waals surface area contributed by atoms with Gasteiger partial charge in [0.2, 0.25) is 23.6 Å². The van der Waals surface area contributed by atoms with Gasteiger partial charge in [0.1, 0.15) is 24.4 Å². The molecule has 15 nitrogen and oxygen atoms in total. The summed E-state index contributed by atoms with van der Waals surface area (Å²) in [6.07, 6.45) is 18.4. The lowest BCUT2D eigenvalue weighted by molar-refractivity contribution is -0.384. The van der Waals surface area contributed by atoms with Crippen LogP contribution in [-0.4, -0.2) is 66.0 Å². The minimum atomic E-state index is -1.01. The van der Waals surface area contributed by atoms with Crippen molar-refractivity contribution in [2.45, 2.75) is 182 Å². The number of fused-ring (bicyclic) bond motifs is 5. The number of nitrogens with one attached hydrogen (secondary N) is 4. The molecule has 0 saturated heterocycles. The molecule has 0 radical (unpaired) electrons. The average molecular weight is 1070 g/mol. The van der Waals surface area contributed by atoms with Crippen molar-refractivity contribution in [2.75, 3.05) is 18.5 Å². The topological polar surface area (TPSA) is 204 Å². The Bertz CT molecular complexity index is 2520. The number of nitro groups is 1. The third-order valence-electron chi connectivity index (χ3n) is 18.1. The van der Waals surface area contributed by atoms with Crippen LogP contribution in [0.1, 0.15) is 162 Å². The molecule has 78 heavy (non-hydrogen) atoms. The van der Waals surface area contributed by atoms with Crippen LogP contribution in [0, 0.1) is 56.5 Å². The van der Waals surface area contributed by atoms with E-state index >= 15 is 0 Å². The summed E-state index contributed by atoms with van der Waals surface area (Å²) in [5.41, 5.74) is 4.09. The predicted octanol–water partition coefficient (Wildman–Crippen LogP) is 12.4. The van der Waals surface area contributed by atoms with Crippen molar-refractivity contribution in [3.63, 3.8) is 0 Å². The van der Waals surface area contributed by atoms with Crippen molar-refractivity contribution in [3.8, 4) is 5.75 Å². The molecule has 3 saturated carbocycles. The Morgan fingerprint density at radius 2 is 1.50 bits per heavy atom. The Morgan fingerprint density at radius 3 is 2.22 bits per heavy atom. The molecular weight excluding hydrogens is 987 g/mol. The van der Waals surface area contributed by atoms with Crippen molar-refractivity contribution >= 4 is 41.2 Å². The maximum Gasteiger partial charge on any atom is 0.514 e. The van der Waals surface area contributed by atoms with Crippen LogP contribution in [0.2, 0.25) is 0 Å². The molecule has 10 atom stereocenters. The van der Waals surface area contributed by atoms with Crippen LogP contribution in [0.15, 0.2) is 90.5 Å². The van der Waals surface area contributed by atoms with Crippen molar-refractivity contribution in [3.05, 3.63) is 112 Å². The van der Waals surface area contributed by atoms with E-state index in [0.717, 1.165) is 60.3 Å². The number of benzene rings is 3. The third-order valence-corrected chi connectivity index (χ3v) is 18.1. The highest BCUT2D eigenvalue weighted by Crippen LogP contribution is 2.67. The first-order valence-corrected chi connectivity index (χ1v) is 29.2. The second kappa shape index (κ2) is 28.2. The number of allylic oxidation sites excluding steroid dienone is 1. The molecule has 3 aromatic rings. The molecule has 4 aliphatic carbocycles. The summed E-state index contributed by atoms with van der Waals surface area (Å²) in [7, 11) is 0. The van der Waals surface area contributed by atoms with Gasteiger partial charge in [-0.3, -0.25) is 29.3 Å². The third kappa shape index (κ3) is 16.0. The molecule has 7 rings (SSSR count). The van der Waals surface area contributed by atoms with E-state index < -0.39 is 40.9 Å². The van der Waals surface area contributed by atoms with Crippen LogP contribution in [0.5, 0.6) is 5.75 Å². The van der Waals surface area contributed by atoms with Gasteiger partial charge in [0.25, 0.3) is 5.69 Å². The first-order chi connectivity index (χ1) is 37.4. The number of rotatable bonds is 27. The van der Waals surface area contributed by atoms with Crippen molar-refractivity contribution in [1.29, 1.82) is 0 Å². The number of hydrogen-bond donors (Lipinski definition) is 4. The molecule has 0 bridgehead atoms. The van der Waals surface area contributed by atoms with E-state index in [1.165, 1.54) is 82.1 Å². The van der Waals surface area contributed by atoms with Gasteiger partial charge in [-0.25, -0.2) is 4.79 Å². The fourth-order valence-electron chi connectivity index (χ4n) is 13.8. The van der Waals surface area contributed by atoms with E-state index in [1.54, 1.807) is 29.8 Å². The van der Waals surface area contributed by atoms with E-state index in [1.807, 2.05) is 37.3 Å². The maximum absolute atomic E-state index is 14.0. The molecule has 4 amide bonds. The zero-order valence-corrected chi connectivity index (χ0v) is 47.2. The molecule has 424 valence electrons. The van der Waals surface area contributed by atoms with Gasteiger partial charge in [-0.05, 0) is 146 Å². The quantitative estimate of drug-likeness (QED) is 0.0142. The summed E-state index contributed by atoms with van der Waals surface area (Å²) in [5.74, 6) is 3.32. The lowest BCUT2D eigenvalue weighted by atomic mass is 9.47. The highest BCUT2D eigenvalue weighted by atomic mass is 16.7. The fraction of sp³-hybridized carbons (Fsp3) is 0.603. The number of carbonyl (C=O) groups excluding carboxylic acids is 5. The molecule has 10 unspecified atom stereocenters. The van der Waals surface area contributed by atoms with Crippen molar-refractivity contribution in [1.82, 2.24) is 16.0 Å². The summed E-state index contributed by atoms with van der Waals surface area (Å²) < 4.78 is 16.7. The van der Waals surface area contributed by atoms with Crippen LogP contribution in [-0.2, 0) is 41.7 Å². The van der Waals surface area contributed by atoms with Gasteiger partial charge in [0.05, 0.1) is 11.0 Å². The van der Waals surface area contributed by atoms with Gasteiger partial charge in [0, 0.05) is 50.2 Å². The SMILES string of the molecule is CCCCC(NC(=O)C(Cc1ccccc1)NC(=O)CCC(=O)NCCCOC1CCC2(C)C(=CCC3C2CCC2(C)C(C(C)CCCC(C)C)CCC32)C1)C(=O)Nc1ccc(COC(=O)Oc2ccc([N+](=O)[O-])cc2)cc1. The van der Waals surface area contributed by atoms with Gasteiger partial charge in [0.15, 0.2) is 0 Å². The average Bonchev–Trinajstić information content (AvgIpc) is 4.01. The van der Waals surface area contributed by atoms with Crippen LogP contribution >= 0.6 is 0 Å². The first kappa shape index (κ1) is 59.6. The molecule has 3 aromatic carbocycles. The summed E-state index contributed by atoms with van der Waals surface area (Å²) in [6.45, 7) is 15.3. The van der Waals surface area contributed by atoms with Gasteiger partial charge in [-0.1, -0.05) is 128 Å². The molecule has 0 aromatic heterocycles. The van der Waals surface area contributed by atoms with E-state index in [4.69, 9.17) is 14.2 Å². The zero-order chi connectivity index (χ0) is 55.8. The minimum Gasteiger partial charge on any atom is -0.429 e. The van der Waals surface area contributed by atoms with Gasteiger partial charge >= 0.3 is 6.16 Å². The predicted molar refractivity (Wildman–Crippen MR) is 302 cm³/mol. The van der Waals surface area contributed by atoms with E-state index in [-0.39, 0.29) is 54.7 Å². The molecule has 0 aliphatic heterocycles. The highest BCUT2D eigenvalue weighted by Gasteiger charge is 2.59. The van der Waals surface area contributed by atoms with Crippen LogP contribution in [0.3, 0.4) is 0 Å². The fourth-order valence-corrected chi connectivity index (χ4v) is 13.8.